The molecule has 1 fully saturated rings. The summed E-state index contributed by atoms with van der Waals surface area (Å²) in [5, 5.41) is 0. The third-order valence-corrected chi connectivity index (χ3v) is 3.60. The maximum atomic E-state index is 5.76. The van der Waals surface area contributed by atoms with Crippen LogP contribution >= 0.6 is 0 Å². The molecule has 0 unspecified atom stereocenters. The molecule has 0 bridgehead atoms. The van der Waals surface area contributed by atoms with E-state index in [-0.39, 0.29) is 0 Å². The summed E-state index contributed by atoms with van der Waals surface area (Å²) in [7, 11) is 2.17. The number of piperazine rings is 1. The standard InChI is InChI=1S/C13H19N5/c1-16-4-6-17(7-5-16)10-12-9-15-13-8-11(14)2-3-18(12)13/h2-3,8-9H,4-7,10,14H2,1H3. The Balaban J connectivity index is 1.78. The van der Waals surface area contributed by atoms with Gasteiger partial charge in [-0.1, -0.05) is 0 Å². The molecule has 1 aliphatic heterocycles. The van der Waals surface area contributed by atoms with Gasteiger partial charge in [-0.15, -0.1) is 0 Å². The molecule has 0 radical (unpaired) electrons. The first kappa shape index (κ1) is 11.5. The van der Waals surface area contributed by atoms with Crippen molar-refractivity contribution in [2.45, 2.75) is 6.54 Å². The SMILES string of the molecule is CN1CCN(Cc2cnc3cc(N)ccn23)CC1. The minimum Gasteiger partial charge on any atom is -0.399 e. The summed E-state index contributed by atoms with van der Waals surface area (Å²) in [4.78, 5) is 9.24. The van der Waals surface area contributed by atoms with Crippen LogP contribution in [0.3, 0.4) is 0 Å². The molecule has 3 rings (SSSR count). The van der Waals surface area contributed by atoms with Gasteiger partial charge in [0.2, 0.25) is 0 Å². The first-order chi connectivity index (χ1) is 8.72. The number of pyridine rings is 1. The van der Waals surface area contributed by atoms with E-state index in [1.165, 1.54) is 5.69 Å². The first-order valence-corrected chi connectivity index (χ1v) is 6.35. The van der Waals surface area contributed by atoms with Crippen molar-refractivity contribution in [1.82, 2.24) is 19.2 Å². The van der Waals surface area contributed by atoms with Gasteiger partial charge in [0.15, 0.2) is 0 Å². The van der Waals surface area contributed by atoms with Gasteiger partial charge in [-0.25, -0.2) is 4.98 Å². The number of fused-ring (bicyclic) bond motifs is 1. The molecule has 0 spiro atoms. The van der Waals surface area contributed by atoms with E-state index in [4.69, 9.17) is 5.73 Å². The van der Waals surface area contributed by atoms with Crippen LogP contribution in [-0.4, -0.2) is 52.4 Å². The molecule has 2 aromatic rings. The summed E-state index contributed by atoms with van der Waals surface area (Å²) in [5.41, 5.74) is 8.69. The van der Waals surface area contributed by atoms with E-state index in [9.17, 15) is 0 Å². The zero-order chi connectivity index (χ0) is 12.5. The van der Waals surface area contributed by atoms with E-state index in [1.807, 2.05) is 24.5 Å². The molecule has 0 saturated carbocycles. The fraction of sp³-hybridized carbons (Fsp3) is 0.462. The zero-order valence-electron chi connectivity index (χ0n) is 10.7. The Morgan fingerprint density at radius 1 is 1.28 bits per heavy atom. The Morgan fingerprint density at radius 3 is 2.83 bits per heavy atom. The highest BCUT2D eigenvalue weighted by atomic mass is 15.3. The molecule has 5 heteroatoms. The van der Waals surface area contributed by atoms with E-state index in [2.05, 4.69) is 26.2 Å². The fourth-order valence-corrected chi connectivity index (χ4v) is 2.40. The van der Waals surface area contributed by atoms with Crippen molar-refractivity contribution < 1.29 is 0 Å². The number of hydrogen-bond acceptors (Lipinski definition) is 4. The lowest BCUT2D eigenvalue weighted by Crippen LogP contribution is -2.44. The molecule has 0 amide bonds. The Kier molecular flexibility index (Phi) is 2.93. The van der Waals surface area contributed by atoms with Gasteiger partial charge in [0.25, 0.3) is 0 Å². The van der Waals surface area contributed by atoms with E-state index < -0.39 is 0 Å². The normalized spacial score (nSPS) is 18.5. The number of rotatable bonds is 2. The van der Waals surface area contributed by atoms with Gasteiger partial charge in [0.1, 0.15) is 5.65 Å². The van der Waals surface area contributed by atoms with E-state index in [1.54, 1.807) is 0 Å². The predicted molar refractivity (Wildman–Crippen MR) is 72.4 cm³/mol. The molecule has 0 aromatic carbocycles. The maximum absolute atomic E-state index is 5.76. The minimum atomic E-state index is 0.763. The molecular weight excluding hydrogens is 226 g/mol. The molecule has 1 saturated heterocycles. The van der Waals surface area contributed by atoms with Gasteiger partial charge in [-0.2, -0.15) is 0 Å². The van der Waals surface area contributed by atoms with Crippen LogP contribution in [0.25, 0.3) is 5.65 Å². The number of likely N-dealkylation sites (N-methyl/N-ethyl adjacent to an activating group) is 1. The molecule has 3 heterocycles. The van der Waals surface area contributed by atoms with Gasteiger partial charge in [0, 0.05) is 50.7 Å². The highest BCUT2D eigenvalue weighted by Crippen LogP contribution is 2.13. The van der Waals surface area contributed by atoms with Crippen LogP contribution in [0, 0.1) is 0 Å². The van der Waals surface area contributed by atoms with Crippen molar-refractivity contribution in [1.29, 1.82) is 0 Å². The Labute approximate surface area is 107 Å². The number of anilines is 1. The molecule has 96 valence electrons. The van der Waals surface area contributed by atoms with Gasteiger partial charge < -0.3 is 15.0 Å². The van der Waals surface area contributed by atoms with E-state index >= 15 is 0 Å². The molecule has 1 aliphatic rings. The summed E-state index contributed by atoms with van der Waals surface area (Å²) < 4.78 is 2.12. The third kappa shape index (κ3) is 2.19. The van der Waals surface area contributed by atoms with Crippen molar-refractivity contribution in [2.75, 3.05) is 39.0 Å². The van der Waals surface area contributed by atoms with Gasteiger partial charge in [-0.05, 0) is 13.1 Å². The van der Waals surface area contributed by atoms with E-state index in [0.717, 1.165) is 44.1 Å². The molecule has 18 heavy (non-hydrogen) atoms. The monoisotopic (exact) mass is 245 g/mol. The summed E-state index contributed by atoms with van der Waals surface area (Å²) >= 11 is 0. The van der Waals surface area contributed by atoms with Gasteiger partial charge >= 0.3 is 0 Å². The largest absolute Gasteiger partial charge is 0.399 e. The smallest absolute Gasteiger partial charge is 0.138 e. The molecular formula is C13H19N5. The lowest BCUT2D eigenvalue weighted by molar-refractivity contribution is 0.146. The van der Waals surface area contributed by atoms with Crippen LogP contribution < -0.4 is 5.73 Å². The van der Waals surface area contributed by atoms with Crippen molar-refractivity contribution in [3.8, 4) is 0 Å². The quantitative estimate of drug-likeness (QED) is 0.844. The summed E-state index contributed by atoms with van der Waals surface area (Å²) in [6.07, 6.45) is 3.95. The number of nitrogens with zero attached hydrogens (tertiary/aromatic N) is 4. The Morgan fingerprint density at radius 2 is 2.06 bits per heavy atom. The van der Waals surface area contributed by atoms with Crippen LogP contribution in [-0.2, 0) is 6.54 Å². The van der Waals surface area contributed by atoms with Crippen LogP contribution in [0.5, 0.6) is 0 Å². The zero-order valence-corrected chi connectivity index (χ0v) is 10.7. The van der Waals surface area contributed by atoms with Crippen molar-refractivity contribution in [3.63, 3.8) is 0 Å². The lowest BCUT2D eigenvalue weighted by atomic mass is 10.3. The van der Waals surface area contributed by atoms with Crippen LogP contribution in [0.2, 0.25) is 0 Å². The second-order valence-electron chi connectivity index (χ2n) is 5.02. The first-order valence-electron chi connectivity index (χ1n) is 6.35. The van der Waals surface area contributed by atoms with Crippen molar-refractivity contribution >= 4 is 11.3 Å². The highest BCUT2D eigenvalue weighted by molar-refractivity contribution is 5.52. The van der Waals surface area contributed by atoms with Gasteiger partial charge in [0.05, 0.1) is 11.9 Å². The summed E-state index contributed by atoms with van der Waals surface area (Å²) in [5.74, 6) is 0. The topological polar surface area (TPSA) is 49.8 Å². The summed E-state index contributed by atoms with van der Waals surface area (Å²) in [6, 6.07) is 3.83. The molecule has 0 aliphatic carbocycles. The van der Waals surface area contributed by atoms with Crippen LogP contribution in [0.1, 0.15) is 5.69 Å². The number of imidazole rings is 1. The van der Waals surface area contributed by atoms with Crippen LogP contribution in [0.15, 0.2) is 24.5 Å². The minimum absolute atomic E-state index is 0.763. The third-order valence-electron chi connectivity index (χ3n) is 3.60. The molecule has 2 N–H and O–H groups in total. The second kappa shape index (κ2) is 4.59. The number of hydrogen-bond donors (Lipinski definition) is 1. The summed E-state index contributed by atoms with van der Waals surface area (Å²) in [6.45, 7) is 5.49. The van der Waals surface area contributed by atoms with Gasteiger partial charge in [-0.3, -0.25) is 4.90 Å². The molecule has 0 atom stereocenters. The molecule has 5 nitrogen and oxygen atoms in total. The van der Waals surface area contributed by atoms with E-state index in [0.29, 0.717) is 0 Å². The van der Waals surface area contributed by atoms with Crippen molar-refractivity contribution in [3.05, 3.63) is 30.2 Å². The lowest BCUT2D eigenvalue weighted by Gasteiger charge is -2.32. The number of nitrogen functional groups attached to an aromatic ring is 1. The second-order valence-corrected chi connectivity index (χ2v) is 5.02. The van der Waals surface area contributed by atoms with Crippen LogP contribution in [0.4, 0.5) is 5.69 Å². The fourth-order valence-electron chi connectivity index (χ4n) is 2.40. The number of aromatic nitrogens is 2. The average Bonchev–Trinajstić information content (AvgIpc) is 2.74. The Hall–Kier alpha value is -1.59. The van der Waals surface area contributed by atoms with Crippen molar-refractivity contribution in [2.24, 2.45) is 0 Å². The number of nitrogens with two attached hydrogens (primary N) is 1. The molecule has 2 aromatic heterocycles. The maximum Gasteiger partial charge on any atom is 0.138 e. The highest BCUT2D eigenvalue weighted by Gasteiger charge is 2.15. The Bertz CT molecular complexity index is 539. The average molecular weight is 245 g/mol. The predicted octanol–water partition coefficient (Wildman–Crippen LogP) is 0.664.